The highest BCUT2D eigenvalue weighted by Crippen LogP contribution is 2.25. The molecule has 0 spiro atoms. The molecule has 0 aliphatic carbocycles. The Balaban J connectivity index is 4.86. The van der Waals surface area contributed by atoms with E-state index in [0.717, 1.165) is 0 Å². The zero-order chi connectivity index (χ0) is 15.3. The molecule has 0 saturated carbocycles. The van der Waals surface area contributed by atoms with Gasteiger partial charge in [-0.1, -0.05) is 6.92 Å². The highest BCUT2D eigenvalue weighted by Gasteiger charge is 2.46. The van der Waals surface area contributed by atoms with Crippen LogP contribution < -0.4 is 5.11 Å². The van der Waals surface area contributed by atoms with Gasteiger partial charge in [0.15, 0.2) is 6.08 Å². The van der Waals surface area contributed by atoms with E-state index in [4.69, 9.17) is 10.2 Å². The Bertz CT molecular complexity index is 406. The van der Waals surface area contributed by atoms with Crippen molar-refractivity contribution in [3.05, 3.63) is 0 Å². The van der Waals surface area contributed by atoms with Crippen molar-refractivity contribution in [1.82, 2.24) is 0 Å². The van der Waals surface area contributed by atoms with Crippen LogP contribution in [0.25, 0.3) is 0 Å². The van der Waals surface area contributed by atoms with Gasteiger partial charge in [-0.15, -0.1) is 4.40 Å². The van der Waals surface area contributed by atoms with Gasteiger partial charge >= 0.3 is 15.5 Å². The molecule has 0 aliphatic heterocycles. The van der Waals surface area contributed by atoms with Crippen LogP contribution in [0.5, 0.6) is 0 Å². The number of hydrogen-bond donors (Lipinski definition) is 2. The van der Waals surface area contributed by atoms with E-state index in [0.29, 0.717) is 0 Å². The first kappa shape index (κ1) is 17.9. The fourth-order valence-electron chi connectivity index (χ4n) is 0.858. The number of hydrogen-bond acceptors (Lipinski definition) is 6. The molecule has 0 saturated heterocycles. The largest absolute Gasteiger partial charge is 0.599 e. The average molecular weight is 308 g/mol. The van der Waals surface area contributed by atoms with Crippen LogP contribution in [-0.2, 0) is 14.8 Å². The summed E-state index contributed by atoms with van der Waals surface area (Å²) in [5, 5.41) is 28.8. The minimum Gasteiger partial charge on any atom is -0.599 e. The molecule has 0 aromatic heterocycles. The van der Waals surface area contributed by atoms with Gasteiger partial charge in [-0.2, -0.15) is 21.6 Å². The molecule has 7 nitrogen and oxygen atoms in total. The van der Waals surface area contributed by atoms with Gasteiger partial charge in [0.05, 0.1) is 13.2 Å². The fraction of sp³-hybridized carbons (Fsp3) is 0.875. The lowest BCUT2D eigenvalue weighted by atomic mass is 9.88. The van der Waals surface area contributed by atoms with Gasteiger partial charge < -0.3 is 20.1 Å². The maximum absolute atomic E-state index is 11.9. The quantitative estimate of drug-likeness (QED) is 0.477. The number of alkyl halides is 3. The van der Waals surface area contributed by atoms with Crippen molar-refractivity contribution >= 4 is 16.1 Å². The molecule has 114 valence electrons. The van der Waals surface area contributed by atoms with Crippen molar-refractivity contribution in [3.8, 4) is 0 Å². The molecule has 0 aromatic rings. The van der Waals surface area contributed by atoms with Crippen LogP contribution >= 0.6 is 0 Å². The molecular formula is C8H13F3NO6S-. The van der Waals surface area contributed by atoms with E-state index in [2.05, 4.69) is 4.74 Å². The molecule has 0 aliphatic rings. The summed E-state index contributed by atoms with van der Waals surface area (Å²) in [4.78, 5) is 0. The van der Waals surface area contributed by atoms with Crippen molar-refractivity contribution in [1.29, 1.82) is 0 Å². The van der Waals surface area contributed by atoms with Gasteiger partial charge in [-0.3, -0.25) is 0 Å². The van der Waals surface area contributed by atoms with Crippen molar-refractivity contribution in [2.24, 2.45) is 9.81 Å². The van der Waals surface area contributed by atoms with Crippen LogP contribution in [-0.4, -0.2) is 50.0 Å². The number of ether oxygens (including phenoxy) is 1. The summed E-state index contributed by atoms with van der Waals surface area (Å²) in [7, 11) is -5.96. The van der Waals surface area contributed by atoms with Gasteiger partial charge in [-0.05, 0) is 6.42 Å². The molecule has 0 amide bonds. The van der Waals surface area contributed by atoms with Crippen molar-refractivity contribution in [2.45, 2.75) is 18.9 Å². The maximum Gasteiger partial charge on any atom is 0.518 e. The molecule has 0 fully saturated rings. The third-order valence-corrected chi connectivity index (χ3v) is 3.38. The highest BCUT2D eigenvalue weighted by molar-refractivity contribution is 7.91. The van der Waals surface area contributed by atoms with E-state index in [1.807, 2.05) is 4.40 Å². The normalized spacial score (nSPS) is 14.5. The molecule has 0 unspecified atom stereocenters. The lowest BCUT2D eigenvalue weighted by molar-refractivity contribution is -0.253. The first-order valence-corrected chi connectivity index (χ1v) is 6.40. The Morgan fingerprint density at radius 3 is 2.11 bits per heavy atom. The molecule has 11 heteroatoms. The smallest absolute Gasteiger partial charge is 0.518 e. The van der Waals surface area contributed by atoms with E-state index in [1.54, 1.807) is 0 Å². The lowest BCUT2D eigenvalue weighted by Crippen LogP contribution is -2.38. The number of aliphatic hydroxyl groups is 2. The Morgan fingerprint density at radius 2 is 1.79 bits per heavy atom. The predicted molar refractivity (Wildman–Crippen MR) is 55.3 cm³/mol. The summed E-state index contributed by atoms with van der Waals surface area (Å²) in [6.07, 6.45) is -1.81. The SMILES string of the molecule is CCC(CO)(CO)CO/C([O-])=N/S(=O)(=O)C(F)(F)F. The van der Waals surface area contributed by atoms with Crippen LogP contribution in [0.4, 0.5) is 13.2 Å². The third-order valence-electron chi connectivity index (χ3n) is 2.41. The van der Waals surface area contributed by atoms with Crippen LogP contribution in [0.15, 0.2) is 4.40 Å². The predicted octanol–water partition coefficient (Wildman–Crippen LogP) is -1.05. The standard InChI is InChI=1S/C8H14F3NO6S/c1-2-7(3-13,4-14)5-18-6(15)12-19(16,17)8(9,10)11/h13-14H,2-5H2,1H3,(H,12,15)/p-1. The summed E-state index contributed by atoms with van der Waals surface area (Å²) in [6, 6.07) is 0. The van der Waals surface area contributed by atoms with Gasteiger partial charge in [0.25, 0.3) is 0 Å². The Labute approximate surface area is 107 Å². The molecule has 0 bridgehead atoms. The molecule has 0 rings (SSSR count). The molecule has 19 heavy (non-hydrogen) atoms. The van der Waals surface area contributed by atoms with Gasteiger partial charge in [0, 0.05) is 12.0 Å². The zero-order valence-corrected chi connectivity index (χ0v) is 10.7. The molecule has 0 heterocycles. The van der Waals surface area contributed by atoms with Crippen LogP contribution in [0.2, 0.25) is 0 Å². The second-order valence-corrected chi connectivity index (χ2v) is 5.33. The summed E-state index contributed by atoms with van der Waals surface area (Å²) < 4.78 is 62.8. The minimum absolute atomic E-state index is 0.152. The van der Waals surface area contributed by atoms with Gasteiger partial charge in [0.2, 0.25) is 0 Å². The van der Waals surface area contributed by atoms with Gasteiger partial charge in [-0.25, -0.2) is 0 Å². The monoisotopic (exact) mass is 308 g/mol. The first-order chi connectivity index (χ1) is 8.53. The molecule has 0 aromatic carbocycles. The van der Waals surface area contributed by atoms with Crippen molar-refractivity contribution < 1.29 is 41.6 Å². The second kappa shape index (κ2) is 6.39. The minimum atomic E-state index is -5.96. The Kier molecular flexibility index (Phi) is 6.03. The van der Waals surface area contributed by atoms with Gasteiger partial charge in [0.1, 0.15) is 0 Å². The Morgan fingerprint density at radius 1 is 1.32 bits per heavy atom. The topological polar surface area (TPSA) is 119 Å². The zero-order valence-electron chi connectivity index (χ0n) is 9.85. The van der Waals surface area contributed by atoms with E-state index >= 15 is 0 Å². The number of sulfonamides is 1. The average Bonchev–Trinajstić information content (AvgIpc) is 2.29. The van der Waals surface area contributed by atoms with E-state index < -0.39 is 46.9 Å². The Hall–Kier alpha value is -1.07. The summed E-state index contributed by atoms with van der Waals surface area (Å²) >= 11 is 0. The van der Waals surface area contributed by atoms with Crippen molar-refractivity contribution in [3.63, 3.8) is 0 Å². The maximum atomic E-state index is 11.9. The van der Waals surface area contributed by atoms with E-state index in [1.165, 1.54) is 6.92 Å². The summed E-state index contributed by atoms with van der Waals surface area (Å²) in [6.45, 7) is -0.325. The van der Waals surface area contributed by atoms with Crippen LogP contribution in [0.1, 0.15) is 13.3 Å². The summed E-state index contributed by atoms with van der Waals surface area (Å²) in [5.74, 6) is 0. The first-order valence-electron chi connectivity index (χ1n) is 4.96. The third kappa shape index (κ3) is 4.84. The molecule has 2 N–H and O–H groups in total. The molecule has 0 radical (unpaired) electrons. The number of rotatable bonds is 6. The summed E-state index contributed by atoms with van der Waals surface area (Å²) in [5.41, 5.74) is -6.95. The van der Waals surface area contributed by atoms with Crippen LogP contribution in [0.3, 0.4) is 0 Å². The van der Waals surface area contributed by atoms with E-state index in [-0.39, 0.29) is 6.42 Å². The number of nitrogens with zero attached hydrogens (tertiary/aromatic N) is 1. The van der Waals surface area contributed by atoms with Crippen LogP contribution in [0, 0.1) is 5.41 Å². The molecular weight excluding hydrogens is 295 g/mol. The fourth-order valence-corrected chi connectivity index (χ4v) is 1.21. The number of aliphatic hydroxyl groups excluding tert-OH is 2. The molecule has 0 atom stereocenters. The lowest BCUT2D eigenvalue weighted by Gasteiger charge is -2.32. The number of halogens is 3. The van der Waals surface area contributed by atoms with E-state index in [9.17, 15) is 26.7 Å². The van der Waals surface area contributed by atoms with Crippen molar-refractivity contribution in [2.75, 3.05) is 19.8 Å². The highest BCUT2D eigenvalue weighted by atomic mass is 32.2. The second-order valence-electron chi connectivity index (χ2n) is 3.74.